The molecule has 0 bridgehead atoms. The molecule has 0 heterocycles. The largest absolute Gasteiger partial charge is 0.294 e. The zero-order valence-electron chi connectivity index (χ0n) is 10.4. The van der Waals surface area contributed by atoms with Crippen molar-refractivity contribution < 1.29 is 4.79 Å². The number of hydrogen-bond donors (Lipinski definition) is 0. The number of rotatable bonds is 3. The summed E-state index contributed by atoms with van der Waals surface area (Å²) in [5, 5.41) is 0. The minimum atomic E-state index is 0. The van der Waals surface area contributed by atoms with Crippen LogP contribution in [0.1, 0.15) is 26.8 Å². The van der Waals surface area contributed by atoms with Gasteiger partial charge in [-0.3, -0.25) is 4.79 Å². The molecule has 0 aliphatic heterocycles. The third-order valence-electron chi connectivity index (χ3n) is 3.38. The van der Waals surface area contributed by atoms with Gasteiger partial charge in [0.15, 0.2) is 5.78 Å². The summed E-state index contributed by atoms with van der Waals surface area (Å²) in [5.41, 5.74) is 1.94. The van der Waals surface area contributed by atoms with Gasteiger partial charge in [-0.15, -0.1) is 0 Å². The SMILES string of the molecule is C.CC1C=CC(C(=O)Cc2ccccc2)=CC1C. The molecule has 2 atom stereocenters. The molecule has 0 aromatic heterocycles. The second-order valence-corrected chi connectivity index (χ2v) is 4.78. The molecule has 1 heteroatoms. The van der Waals surface area contributed by atoms with Crippen molar-refractivity contribution in [2.75, 3.05) is 0 Å². The lowest BCUT2D eigenvalue weighted by Gasteiger charge is -2.18. The van der Waals surface area contributed by atoms with Crippen LogP contribution in [-0.2, 0) is 11.2 Å². The number of hydrogen-bond acceptors (Lipinski definition) is 1. The van der Waals surface area contributed by atoms with E-state index in [2.05, 4.69) is 26.0 Å². The fourth-order valence-electron chi connectivity index (χ4n) is 1.99. The number of allylic oxidation sites excluding steroid dienone is 4. The Morgan fingerprint density at radius 1 is 1.11 bits per heavy atom. The summed E-state index contributed by atoms with van der Waals surface area (Å²) in [6.45, 7) is 4.33. The Morgan fingerprint density at radius 2 is 1.78 bits per heavy atom. The van der Waals surface area contributed by atoms with Crippen molar-refractivity contribution in [2.24, 2.45) is 11.8 Å². The third kappa shape index (κ3) is 3.43. The van der Waals surface area contributed by atoms with Gasteiger partial charge in [-0.2, -0.15) is 0 Å². The highest BCUT2D eigenvalue weighted by Gasteiger charge is 2.16. The van der Waals surface area contributed by atoms with Gasteiger partial charge in [0.25, 0.3) is 0 Å². The van der Waals surface area contributed by atoms with Crippen molar-refractivity contribution in [1.29, 1.82) is 0 Å². The summed E-state index contributed by atoms with van der Waals surface area (Å²) < 4.78 is 0. The van der Waals surface area contributed by atoms with Crippen LogP contribution in [0.4, 0.5) is 0 Å². The van der Waals surface area contributed by atoms with E-state index in [9.17, 15) is 4.79 Å². The molecule has 0 fully saturated rings. The molecule has 0 radical (unpaired) electrons. The maximum absolute atomic E-state index is 12.1. The first kappa shape index (κ1) is 14.4. The minimum absolute atomic E-state index is 0. The minimum Gasteiger partial charge on any atom is -0.294 e. The number of carbonyl (C=O) groups is 1. The Kier molecular flexibility index (Phi) is 5.08. The highest BCUT2D eigenvalue weighted by Crippen LogP contribution is 2.23. The number of benzene rings is 1. The standard InChI is InChI=1S/C16H18O.CH4/c1-12-8-9-15(10-13(12)2)16(17)11-14-6-4-3-5-7-14;/h3-10,12-13H,11H2,1-2H3;1H4. The second kappa shape index (κ2) is 6.34. The summed E-state index contributed by atoms with van der Waals surface area (Å²) in [6.07, 6.45) is 6.69. The molecule has 96 valence electrons. The average molecular weight is 242 g/mol. The van der Waals surface area contributed by atoms with Crippen LogP contribution in [0.3, 0.4) is 0 Å². The van der Waals surface area contributed by atoms with Crippen LogP contribution in [0.25, 0.3) is 0 Å². The van der Waals surface area contributed by atoms with Gasteiger partial charge in [0, 0.05) is 12.0 Å². The van der Waals surface area contributed by atoms with Crippen molar-refractivity contribution in [2.45, 2.75) is 27.7 Å². The van der Waals surface area contributed by atoms with Gasteiger partial charge in [0.2, 0.25) is 0 Å². The second-order valence-electron chi connectivity index (χ2n) is 4.78. The molecule has 2 rings (SSSR count). The average Bonchev–Trinajstić information content (AvgIpc) is 2.34. The highest BCUT2D eigenvalue weighted by molar-refractivity contribution is 5.99. The first-order valence-electron chi connectivity index (χ1n) is 6.14. The van der Waals surface area contributed by atoms with Crippen molar-refractivity contribution in [1.82, 2.24) is 0 Å². The van der Waals surface area contributed by atoms with Gasteiger partial charge in [0.05, 0.1) is 0 Å². The molecule has 1 aromatic carbocycles. The summed E-state index contributed by atoms with van der Waals surface area (Å²) in [5.74, 6) is 1.20. The van der Waals surface area contributed by atoms with E-state index in [-0.39, 0.29) is 13.2 Å². The summed E-state index contributed by atoms with van der Waals surface area (Å²) in [4.78, 5) is 12.1. The molecule has 0 saturated carbocycles. The Hall–Kier alpha value is -1.63. The smallest absolute Gasteiger partial charge is 0.166 e. The normalized spacial score (nSPS) is 22.0. The van der Waals surface area contributed by atoms with E-state index in [1.54, 1.807) is 0 Å². The molecule has 0 spiro atoms. The van der Waals surface area contributed by atoms with E-state index >= 15 is 0 Å². The first-order chi connectivity index (χ1) is 8.16. The van der Waals surface area contributed by atoms with Crippen LogP contribution in [0.5, 0.6) is 0 Å². The number of carbonyl (C=O) groups excluding carboxylic acids is 1. The van der Waals surface area contributed by atoms with Gasteiger partial charge in [-0.1, -0.05) is 69.8 Å². The number of ketones is 1. The molecular weight excluding hydrogens is 220 g/mol. The summed E-state index contributed by atoms with van der Waals surface area (Å²) >= 11 is 0. The predicted molar refractivity (Wildman–Crippen MR) is 77.4 cm³/mol. The van der Waals surface area contributed by atoms with Crippen molar-refractivity contribution in [3.8, 4) is 0 Å². The molecule has 1 aliphatic carbocycles. The van der Waals surface area contributed by atoms with Crippen molar-refractivity contribution >= 4 is 5.78 Å². The van der Waals surface area contributed by atoms with Gasteiger partial charge < -0.3 is 0 Å². The Bertz CT molecular complexity index is 454. The fourth-order valence-corrected chi connectivity index (χ4v) is 1.99. The molecule has 0 N–H and O–H groups in total. The third-order valence-corrected chi connectivity index (χ3v) is 3.38. The monoisotopic (exact) mass is 242 g/mol. The number of Topliss-reactive ketones (excluding diaryl/α,β-unsaturated/α-hetero) is 1. The van der Waals surface area contributed by atoms with Gasteiger partial charge in [0.1, 0.15) is 0 Å². The Labute approximate surface area is 110 Å². The molecular formula is C17H22O. The molecule has 0 saturated heterocycles. The topological polar surface area (TPSA) is 17.1 Å². The Balaban J connectivity index is 0.00000162. The molecule has 1 nitrogen and oxygen atoms in total. The van der Waals surface area contributed by atoms with Crippen LogP contribution in [0.2, 0.25) is 0 Å². The van der Waals surface area contributed by atoms with Gasteiger partial charge in [-0.25, -0.2) is 0 Å². The highest BCUT2D eigenvalue weighted by atomic mass is 16.1. The maximum atomic E-state index is 12.1. The van der Waals surface area contributed by atoms with E-state index in [4.69, 9.17) is 0 Å². The van der Waals surface area contributed by atoms with Gasteiger partial charge >= 0.3 is 0 Å². The van der Waals surface area contributed by atoms with Crippen LogP contribution in [0.15, 0.2) is 54.1 Å². The fraction of sp³-hybridized carbons (Fsp3) is 0.353. The van der Waals surface area contributed by atoms with E-state index in [1.165, 1.54) is 0 Å². The molecule has 1 aliphatic rings. The zero-order valence-corrected chi connectivity index (χ0v) is 10.4. The first-order valence-corrected chi connectivity index (χ1v) is 6.14. The lowest BCUT2D eigenvalue weighted by molar-refractivity contribution is -0.114. The van der Waals surface area contributed by atoms with E-state index in [0.29, 0.717) is 18.3 Å². The predicted octanol–water partition coefficient (Wildman–Crippen LogP) is 4.20. The van der Waals surface area contributed by atoms with E-state index in [1.807, 2.05) is 36.4 Å². The lowest BCUT2D eigenvalue weighted by atomic mass is 9.86. The maximum Gasteiger partial charge on any atom is 0.166 e. The summed E-state index contributed by atoms with van der Waals surface area (Å²) in [7, 11) is 0. The zero-order chi connectivity index (χ0) is 12.3. The Morgan fingerprint density at radius 3 is 2.39 bits per heavy atom. The van der Waals surface area contributed by atoms with Crippen LogP contribution in [0, 0.1) is 11.8 Å². The van der Waals surface area contributed by atoms with Crippen LogP contribution >= 0.6 is 0 Å². The lowest BCUT2D eigenvalue weighted by Crippen LogP contribution is -2.13. The molecule has 1 aromatic rings. The molecule has 2 unspecified atom stereocenters. The quantitative estimate of drug-likeness (QED) is 0.776. The van der Waals surface area contributed by atoms with E-state index < -0.39 is 0 Å². The molecule has 18 heavy (non-hydrogen) atoms. The van der Waals surface area contributed by atoms with Gasteiger partial charge in [-0.05, 0) is 17.4 Å². The van der Waals surface area contributed by atoms with Crippen LogP contribution < -0.4 is 0 Å². The van der Waals surface area contributed by atoms with E-state index in [0.717, 1.165) is 11.1 Å². The van der Waals surface area contributed by atoms with Crippen LogP contribution in [-0.4, -0.2) is 5.78 Å². The summed E-state index contributed by atoms with van der Waals surface area (Å²) in [6, 6.07) is 9.91. The van der Waals surface area contributed by atoms with Crippen molar-refractivity contribution in [3.63, 3.8) is 0 Å². The van der Waals surface area contributed by atoms with Crippen molar-refractivity contribution in [3.05, 3.63) is 59.7 Å². The molecule has 0 amide bonds.